The summed E-state index contributed by atoms with van der Waals surface area (Å²) >= 11 is 0. The number of likely N-dealkylation sites (tertiary alicyclic amines) is 1. The Labute approximate surface area is 133 Å². The fraction of sp³-hybridized carbons (Fsp3) is 0.632. The van der Waals surface area contributed by atoms with E-state index in [1.807, 2.05) is 35.2 Å². The predicted octanol–water partition coefficient (Wildman–Crippen LogP) is 3.12. The summed E-state index contributed by atoms with van der Waals surface area (Å²) in [5.74, 6) is 0.433. The Balaban J connectivity index is 1.99. The molecule has 1 aromatic rings. The van der Waals surface area contributed by atoms with E-state index >= 15 is 0 Å². The van der Waals surface area contributed by atoms with Crippen LogP contribution >= 0.6 is 0 Å². The molecule has 1 amide bonds. The molecule has 0 radical (unpaired) electrons. The van der Waals surface area contributed by atoms with Crippen LogP contribution in [0.5, 0.6) is 0 Å². The van der Waals surface area contributed by atoms with Crippen LogP contribution in [0.3, 0.4) is 0 Å². The van der Waals surface area contributed by atoms with E-state index in [0.717, 1.165) is 44.3 Å². The maximum atomic E-state index is 13.4. The van der Waals surface area contributed by atoms with E-state index in [0.29, 0.717) is 0 Å². The second-order valence-electron chi connectivity index (χ2n) is 6.83. The molecule has 1 saturated heterocycles. The number of piperidine rings is 1. The van der Waals surface area contributed by atoms with Crippen molar-refractivity contribution in [2.45, 2.75) is 50.4 Å². The van der Waals surface area contributed by atoms with Crippen molar-refractivity contribution in [3.63, 3.8) is 0 Å². The van der Waals surface area contributed by atoms with Gasteiger partial charge in [0.1, 0.15) is 5.41 Å². The minimum Gasteiger partial charge on any atom is -0.395 e. The van der Waals surface area contributed by atoms with Gasteiger partial charge in [-0.15, -0.1) is 0 Å². The van der Waals surface area contributed by atoms with Crippen molar-refractivity contribution >= 4 is 5.91 Å². The van der Waals surface area contributed by atoms with Gasteiger partial charge in [-0.25, -0.2) is 0 Å². The van der Waals surface area contributed by atoms with E-state index in [2.05, 4.69) is 0 Å². The van der Waals surface area contributed by atoms with Crippen molar-refractivity contribution in [1.29, 1.82) is 0 Å². The summed E-state index contributed by atoms with van der Waals surface area (Å²) in [6.07, 6.45) is 7.84. The van der Waals surface area contributed by atoms with Crippen molar-refractivity contribution in [2.24, 2.45) is 5.92 Å². The monoisotopic (exact) mass is 301 g/mol. The third kappa shape index (κ3) is 2.67. The van der Waals surface area contributed by atoms with Crippen LogP contribution in [0.25, 0.3) is 0 Å². The molecule has 120 valence electrons. The topological polar surface area (TPSA) is 40.5 Å². The van der Waals surface area contributed by atoms with Crippen molar-refractivity contribution in [3.8, 4) is 0 Å². The molecule has 1 unspecified atom stereocenters. The molecule has 1 saturated carbocycles. The largest absolute Gasteiger partial charge is 0.395 e. The Morgan fingerprint density at radius 3 is 2.27 bits per heavy atom. The Bertz CT molecular complexity index is 489. The molecule has 1 N–H and O–H groups in total. The zero-order valence-corrected chi connectivity index (χ0v) is 13.3. The van der Waals surface area contributed by atoms with Crippen LogP contribution in [-0.4, -0.2) is 35.6 Å². The first kappa shape index (κ1) is 15.5. The fourth-order valence-corrected chi connectivity index (χ4v) is 4.36. The minimum absolute atomic E-state index is 0.0724. The summed E-state index contributed by atoms with van der Waals surface area (Å²) in [5, 5.41) is 10.3. The average Bonchev–Trinajstić information content (AvgIpc) is 3.13. The van der Waals surface area contributed by atoms with Crippen molar-refractivity contribution in [1.82, 2.24) is 4.90 Å². The smallest absolute Gasteiger partial charge is 0.235 e. The van der Waals surface area contributed by atoms with E-state index < -0.39 is 5.41 Å². The second kappa shape index (κ2) is 6.82. The van der Waals surface area contributed by atoms with Crippen LogP contribution < -0.4 is 0 Å². The molecule has 3 heteroatoms. The Hall–Kier alpha value is -1.35. The van der Waals surface area contributed by atoms with Crippen LogP contribution in [0.2, 0.25) is 0 Å². The van der Waals surface area contributed by atoms with E-state index in [1.165, 1.54) is 19.3 Å². The Kier molecular flexibility index (Phi) is 4.82. The first-order valence-electron chi connectivity index (χ1n) is 8.75. The number of hydrogen-bond donors (Lipinski definition) is 1. The number of hydrogen-bond acceptors (Lipinski definition) is 2. The number of carbonyl (C=O) groups is 1. The van der Waals surface area contributed by atoms with Crippen LogP contribution in [0, 0.1) is 5.92 Å². The van der Waals surface area contributed by atoms with Gasteiger partial charge in [0, 0.05) is 13.1 Å². The standard InChI is InChI=1S/C19H27NO2/c21-15-19(17-11-5-6-12-17,16-9-3-1-4-10-16)18(22)20-13-7-2-8-14-20/h1,3-4,9-10,17,21H,2,5-8,11-15H2. The maximum absolute atomic E-state index is 13.4. The Morgan fingerprint density at radius 1 is 1.05 bits per heavy atom. The number of nitrogens with zero attached hydrogens (tertiary/aromatic N) is 1. The first-order chi connectivity index (χ1) is 10.8. The number of amides is 1. The summed E-state index contributed by atoms with van der Waals surface area (Å²) in [5.41, 5.74) is 0.273. The molecule has 0 spiro atoms. The maximum Gasteiger partial charge on any atom is 0.235 e. The predicted molar refractivity (Wildman–Crippen MR) is 87.6 cm³/mol. The molecule has 0 aromatic heterocycles. The summed E-state index contributed by atoms with van der Waals surface area (Å²) in [4.78, 5) is 15.4. The summed E-state index contributed by atoms with van der Waals surface area (Å²) in [6.45, 7) is 1.62. The van der Waals surface area contributed by atoms with Gasteiger partial charge in [0.15, 0.2) is 0 Å². The highest BCUT2D eigenvalue weighted by atomic mass is 16.3. The van der Waals surface area contributed by atoms with Gasteiger partial charge in [-0.3, -0.25) is 4.79 Å². The van der Waals surface area contributed by atoms with Gasteiger partial charge in [-0.2, -0.15) is 0 Å². The first-order valence-corrected chi connectivity index (χ1v) is 8.75. The van der Waals surface area contributed by atoms with Gasteiger partial charge in [-0.05, 0) is 43.6 Å². The van der Waals surface area contributed by atoms with Gasteiger partial charge in [-0.1, -0.05) is 43.2 Å². The third-order valence-electron chi connectivity index (χ3n) is 5.62. The second-order valence-corrected chi connectivity index (χ2v) is 6.83. The number of rotatable bonds is 4. The Morgan fingerprint density at radius 2 is 1.68 bits per heavy atom. The molecule has 2 aliphatic rings. The van der Waals surface area contributed by atoms with E-state index in [1.54, 1.807) is 0 Å². The molecular weight excluding hydrogens is 274 g/mol. The van der Waals surface area contributed by atoms with E-state index in [9.17, 15) is 9.90 Å². The van der Waals surface area contributed by atoms with Gasteiger partial charge >= 0.3 is 0 Å². The lowest BCUT2D eigenvalue weighted by Crippen LogP contribution is -2.54. The quantitative estimate of drug-likeness (QED) is 0.928. The summed E-state index contributed by atoms with van der Waals surface area (Å²) in [7, 11) is 0. The molecule has 2 fully saturated rings. The molecule has 1 aliphatic heterocycles. The van der Waals surface area contributed by atoms with Crippen LogP contribution in [0.4, 0.5) is 0 Å². The summed E-state index contributed by atoms with van der Waals surface area (Å²) in [6, 6.07) is 9.99. The number of aliphatic hydroxyl groups excluding tert-OH is 1. The molecule has 3 rings (SSSR count). The number of aliphatic hydroxyl groups is 1. The number of carbonyl (C=O) groups excluding carboxylic acids is 1. The van der Waals surface area contributed by atoms with Gasteiger partial charge < -0.3 is 10.0 Å². The summed E-state index contributed by atoms with van der Waals surface area (Å²) < 4.78 is 0. The van der Waals surface area contributed by atoms with Gasteiger partial charge in [0.2, 0.25) is 5.91 Å². The zero-order valence-electron chi connectivity index (χ0n) is 13.3. The highest BCUT2D eigenvalue weighted by Gasteiger charge is 2.49. The lowest BCUT2D eigenvalue weighted by molar-refractivity contribution is -0.142. The highest BCUT2D eigenvalue weighted by molar-refractivity contribution is 5.89. The number of benzene rings is 1. The van der Waals surface area contributed by atoms with Gasteiger partial charge in [0.05, 0.1) is 6.61 Å². The van der Waals surface area contributed by atoms with Crippen molar-refractivity contribution in [2.75, 3.05) is 19.7 Å². The molecule has 1 heterocycles. The normalized spacial score (nSPS) is 22.5. The molecule has 1 aromatic carbocycles. The highest BCUT2D eigenvalue weighted by Crippen LogP contribution is 2.43. The van der Waals surface area contributed by atoms with Crippen LogP contribution in [0.1, 0.15) is 50.5 Å². The molecule has 22 heavy (non-hydrogen) atoms. The van der Waals surface area contributed by atoms with Crippen LogP contribution in [0.15, 0.2) is 30.3 Å². The molecule has 3 nitrogen and oxygen atoms in total. The van der Waals surface area contributed by atoms with E-state index in [-0.39, 0.29) is 18.4 Å². The minimum atomic E-state index is -0.727. The lowest BCUT2D eigenvalue weighted by Gasteiger charge is -2.41. The van der Waals surface area contributed by atoms with Crippen LogP contribution in [-0.2, 0) is 10.2 Å². The van der Waals surface area contributed by atoms with E-state index in [4.69, 9.17) is 0 Å². The molecular formula is C19H27NO2. The van der Waals surface area contributed by atoms with Crippen molar-refractivity contribution in [3.05, 3.63) is 35.9 Å². The molecule has 1 aliphatic carbocycles. The lowest BCUT2D eigenvalue weighted by atomic mass is 9.68. The SMILES string of the molecule is O=C(N1CCCCC1)C(CO)(c1ccccc1)C1CCCC1. The van der Waals surface area contributed by atoms with Gasteiger partial charge in [0.25, 0.3) is 0 Å². The molecule has 1 atom stereocenters. The zero-order chi connectivity index (χ0) is 15.4. The third-order valence-corrected chi connectivity index (χ3v) is 5.62. The average molecular weight is 301 g/mol. The molecule has 0 bridgehead atoms. The fourth-order valence-electron chi connectivity index (χ4n) is 4.36. The van der Waals surface area contributed by atoms with Crippen molar-refractivity contribution < 1.29 is 9.90 Å².